The molecule has 0 radical (unpaired) electrons. The standard InChI is InChI=1S/C31H54IN2/c1-3-5-7-9-11-13-15-17-19-23-27-33-29-25-21-22-26-30(29)34(31(33)32)28-24-20-18-16-14-12-10-8-6-4-2/h21-22,25-26H,3-20,23-24,27-28H2,1-2H3/q+1. The Morgan fingerprint density at radius 3 is 1.56 bits per heavy atom. The van der Waals surface area contributed by atoms with Crippen LogP contribution in [0.3, 0.4) is 0 Å². The van der Waals surface area contributed by atoms with E-state index in [0.29, 0.717) is 0 Å². The Hall–Kier alpha value is -0.580. The van der Waals surface area contributed by atoms with Crippen LogP contribution in [0, 0.1) is 3.83 Å². The number of benzene rings is 1. The van der Waals surface area contributed by atoms with E-state index in [4.69, 9.17) is 0 Å². The smallest absolute Gasteiger partial charge is 0.218 e. The number of rotatable bonds is 22. The van der Waals surface area contributed by atoms with Crippen molar-refractivity contribution in [3.8, 4) is 0 Å². The summed E-state index contributed by atoms with van der Waals surface area (Å²) in [4.78, 5) is 0. The quantitative estimate of drug-likeness (QED) is 0.0743. The summed E-state index contributed by atoms with van der Waals surface area (Å²) in [5, 5.41) is 0. The van der Waals surface area contributed by atoms with Gasteiger partial charge < -0.3 is 0 Å². The van der Waals surface area contributed by atoms with E-state index >= 15 is 0 Å². The lowest BCUT2D eigenvalue weighted by Crippen LogP contribution is -2.37. The number of hydrogen-bond donors (Lipinski definition) is 0. The Bertz CT molecular complexity index is 690. The highest BCUT2D eigenvalue weighted by molar-refractivity contribution is 14.1. The van der Waals surface area contributed by atoms with Crippen molar-refractivity contribution in [2.24, 2.45) is 0 Å². The van der Waals surface area contributed by atoms with Gasteiger partial charge in [-0.1, -0.05) is 129 Å². The molecule has 0 N–H and O–H groups in total. The maximum Gasteiger partial charge on any atom is 0.318 e. The third-order valence-electron chi connectivity index (χ3n) is 7.38. The molecule has 0 fully saturated rings. The summed E-state index contributed by atoms with van der Waals surface area (Å²) in [6.07, 6.45) is 28.1. The molecule has 1 aromatic heterocycles. The van der Waals surface area contributed by atoms with Crippen LogP contribution in [0.2, 0.25) is 0 Å². The molecule has 0 bridgehead atoms. The molecular formula is C31H54IN2+. The highest BCUT2D eigenvalue weighted by Crippen LogP contribution is 2.19. The topological polar surface area (TPSA) is 8.81 Å². The molecule has 0 amide bonds. The third-order valence-corrected chi connectivity index (χ3v) is 8.54. The van der Waals surface area contributed by atoms with Gasteiger partial charge in [-0.25, -0.2) is 9.13 Å². The summed E-state index contributed by atoms with van der Waals surface area (Å²) in [7, 11) is 0. The highest BCUT2D eigenvalue weighted by Gasteiger charge is 2.21. The van der Waals surface area contributed by atoms with Gasteiger partial charge in [0.1, 0.15) is 0 Å². The lowest BCUT2D eigenvalue weighted by Gasteiger charge is -2.03. The van der Waals surface area contributed by atoms with Crippen LogP contribution < -0.4 is 4.57 Å². The van der Waals surface area contributed by atoms with Crippen LogP contribution in [-0.4, -0.2) is 4.57 Å². The Balaban J connectivity index is 1.68. The van der Waals surface area contributed by atoms with Crippen LogP contribution in [-0.2, 0) is 13.1 Å². The maximum atomic E-state index is 2.60. The number of aromatic nitrogens is 2. The lowest BCUT2D eigenvalue weighted by atomic mass is 10.1. The van der Waals surface area contributed by atoms with E-state index in [1.165, 1.54) is 156 Å². The fraction of sp³-hybridized carbons (Fsp3) is 0.774. The van der Waals surface area contributed by atoms with Gasteiger partial charge in [0.05, 0.1) is 35.7 Å². The van der Waals surface area contributed by atoms with Crippen molar-refractivity contribution in [1.82, 2.24) is 4.57 Å². The predicted octanol–water partition coefficient (Wildman–Crippen LogP) is 10.4. The summed E-state index contributed by atoms with van der Waals surface area (Å²) in [6, 6.07) is 9.06. The highest BCUT2D eigenvalue weighted by atomic mass is 127. The van der Waals surface area contributed by atoms with Crippen molar-refractivity contribution < 1.29 is 4.57 Å². The Kier molecular flexibility index (Phi) is 17.1. The van der Waals surface area contributed by atoms with Crippen molar-refractivity contribution in [3.63, 3.8) is 0 Å². The van der Waals surface area contributed by atoms with Crippen molar-refractivity contribution >= 4 is 33.6 Å². The Labute approximate surface area is 225 Å². The number of hydrogen-bond acceptors (Lipinski definition) is 0. The van der Waals surface area contributed by atoms with Gasteiger partial charge in [0.25, 0.3) is 0 Å². The van der Waals surface area contributed by atoms with Crippen molar-refractivity contribution in [2.45, 2.75) is 155 Å². The average molecular weight is 582 g/mol. The minimum atomic E-state index is 1.17. The van der Waals surface area contributed by atoms with Crippen molar-refractivity contribution in [1.29, 1.82) is 0 Å². The van der Waals surface area contributed by atoms with Gasteiger partial charge in [0, 0.05) is 0 Å². The molecule has 34 heavy (non-hydrogen) atoms. The first kappa shape index (κ1) is 29.6. The van der Waals surface area contributed by atoms with Crippen LogP contribution >= 0.6 is 22.6 Å². The minimum absolute atomic E-state index is 1.17. The number of aryl methyl sites for hydroxylation is 2. The molecular weight excluding hydrogens is 527 g/mol. The first-order chi connectivity index (χ1) is 16.8. The molecule has 0 atom stereocenters. The summed E-state index contributed by atoms with van der Waals surface area (Å²) in [6.45, 7) is 6.93. The normalized spacial score (nSPS) is 11.6. The SMILES string of the molecule is CCCCCCCCCCCCn1c(I)[n+](CCCCCCCCCCCC)c2ccccc21. The van der Waals surface area contributed by atoms with Gasteiger partial charge in [-0.05, 0) is 37.8 Å². The second kappa shape index (κ2) is 19.6. The van der Waals surface area contributed by atoms with Gasteiger partial charge >= 0.3 is 3.83 Å². The maximum absolute atomic E-state index is 2.60. The molecule has 0 unspecified atom stereocenters. The second-order valence-corrected chi connectivity index (χ2v) is 11.4. The monoisotopic (exact) mass is 581 g/mol. The zero-order chi connectivity index (χ0) is 24.3. The molecule has 2 aromatic rings. The van der Waals surface area contributed by atoms with E-state index in [-0.39, 0.29) is 0 Å². The Morgan fingerprint density at radius 1 is 0.588 bits per heavy atom. The number of imidazole rings is 1. The van der Waals surface area contributed by atoms with Crippen LogP contribution in [0.15, 0.2) is 24.3 Å². The van der Waals surface area contributed by atoms with E-state index in [0.717, 1.165) is 0 Å². The molecule has 194 valence electrons. The summed E-state index contributed by atoms with van der Waals surface area (Å²) in [5.74, 6) is 0. The Morgan fingerprint density at radius 2 is 1.03 bits per heavy atom. The number of para-hydroxylation sites is 2. The van der Waals surface area contributed by atoms with Gasteiger partial charge in [0.15, 0.2) is 11.0 Å². The van der Waals surface area contributed by atoms with Gasteiger partial charge in [-0.2, -0.15) is 0 Å². The molecule has 0 aliphatic rings. The molecule has 0 saturated carbocycles. The first-order valence-electron chi connectivity index (χ1n) is 15.0. The van der Waals surface area contributed by atoms with Gasteiger partial charge in [-0.3, -0.25) is 0 Å². The van der Waals surface area contributed by atoms with E-state index in [1.54, 1.807) is 0 Å². The van der Waals surface area contributed by atoms with Crippen LogP contribution in [0.4, 0.5) is 0 Å². The fourth-order valence-corrected chi connectivity index (χ4v) is 6.21. The molecule has 0 aliphatic heterocycles. The predicted molar refractivity (Wildman–Crippen MR) is 159 cm³/mol. The molecule has 1 heterocycles. The zero-order valence-corrected chi connectivity index (χ0v) is 24.8. The lowest BCUT2D eigenvalue weighted by molar-refractivity contribution is -0.685. The van der Waals surface area contributed by atoms with E-state index in [2.05, 4.69) is 69.8 Å². The summed E-state index contributed by atoms with van der Waals surface area (Å²) < 4.78 is 6.58. The summed E-state index contributed by atoms with van der Waals surface area (Å²) >= 11 is 2.60. The van der Waals surface area contributed by atoms with Gasteiger partial charge in [0.2, 0.25) is 0 Å². The number of nitrogens with zero attached hydrogens (tertiary/aromatic N) is 2. The fourth-order valence-electron chi connectivity index (χ4n) is 5.21. The van der Waals surface area contributed by atoms with E-state index < -0.39 is 0 Å². The molecule has 0 saturated heterocycles. The minimum Gasteiger partial charge on any atom is -0.218 e. The molecule has 3 heteroatoms. The van der Waals surface area contributed by atoms with Crippen LogP contribution in [0.5, 0.6) is 0 Å². The third kappa shape index (κ3) is 11.4. The van der Waals surface area contributed by atoms with Crippen LogP contribution in [0.25, 0.3) is 11.0 Å². The van der Waals surface area contributed by atoms with Crippen molar-refractivity contribution in [2.75, 3.05) is 0 Å². The van der Waals surface area contributed by atoms with E-state index in [1.807, 2.05) is 0 Å². The number of unbranched alkanes of at least 4 members (excludes halogenated alkanes) is 18. The largest absolute Gasteiger partial charge is 0.318 e. The van der Waals surface area contributed by atoms with Gasteiger partial charge in [-0.15, -0.1) is 0 Å². The van der Waals surface area contributed by atoms with Crippen LogP contribution in [0.1, 0.15) is 142 Å². The molecule has 0 spiro atoms. The molecule has 0 aliphatic carbocycles. The van der Waals surface area contributed by atoms with E-state index in [9.17, 15) is 0 Å². The zero-order valence-electron chi connectivity index (χ0n) is 22.6. The molecule has 2 nitrogen and oxygen atoms in total. The first-order valence-corrected chi connectivity index (χ1v) is 16.0. The number of fused-ring (bicyclic) bond motifs is 1. The molecule has 1 aromatic carbocycles. The summed E-state index contributed by atoms with van der Waals surface area (Å²) in [5.41, 5.74) is 2.85. The second-order valence-electron chi connectivity index (χ2n) is 10.4. The number of halogens is 1. The average Bonchev–Trinajstić information content (AvgIpc) is 3.12. The molecule has 2 rings (SSSR count). The van der Waals surface area contributed by atoms with Crippen molar-refractivity contribution in [3.05, 3.63) is 28.1 Å².